The Balaban J connectivity index is 2.47. The van der Waals surface area contributed by atoms with Gasteiger partial charge in [-0.05, 0) is 54.9 Å². The van der Waals surface area contributed by atoms with Crippen molar-refractivity contribution in [3.63, 3.8) is 0 Å². The number of likely N-dealkylation sites (N-methyl/N-ethyl adjacent to an activating group) is 1. The smallest absolute Gasteiger partial charge is 0.311 e. The molecule has 0 saturated heterocycles. The summed E-state index contributed by atoms with van der Waals surface area (Å²) < 4.78 is 1.02. The average Bonchev–Trinajstić information content (AvgIpc) is 2.38. The van der Waals surface area contributed by atoms with Crippen molar-refractivity contribution in [3.05, 3.63) is 38.1 Å². The number of halogens is 1. The minimum absolute atomic E-state index is 0.0123. The molecule has 1 N–H and O–H groups in total. The number of fused-ring (bicyclic) bond motifs is 1. The van der Waals surface area contributed by atoms with Gasteiger partial charge in [-0.25, -0.2) is 4.98 Å². The molecular weight excluding hydrogens is 371 g/mol. The molecule has 2 rings (SSSR count). The molecule has 0 fully saturated rings. The molecule has 1 aromatic carbocycles. The Hall–Kier alpha value is -1.48. The van der Waals surface area contributed by atoms with Crippen LogP contribution in [0.2, 0.25) is 0 Å². The van der Waals surface area contributed by atoms with Gasteiger partial charge < -0.3 is 10.2 Å². The lowest BCUT2D eigenvalue weighted by Gasteiger charge is -2.13. The first-order valence-electron chi connectivity index (χ1n) is 6.10. The second-order valence-electron chi connectivity index (χ2n) is 4.67. The highest BCUT2D eigenvalue weighted by Crippen LogP contribution is 2.32. The molecule has 0 aliphatic carbocycles. The molecule has 0 saturated carbocycles. The van der Waals surface area contributed by atoms with Crippen LogP contribution >= 0.6 is 22.6 Å². The predicted octanol–water partition coefficient (Wildman–Crippen LogP) is 2.72. The topological polar surface area (TPSA) is 71.3 Å². The van der Waals surface area contributed by atoms with E-state index >= 15 is 0 Å². The van der Waals surface area contributed by atoms with Crippen LogP contribution in [0.25, 0.3) is 10.9 Å². The normalized spacial score (nSPS) is 11.0. The Kier molecular flexibility index (Phi) is 4.71. The van der Waals surface area contributed by atoms with E-state index in [1.165, 1.54) is 6.20 Å². The number of pyridine rings is 1. The lowest BCUT2D eigenvalue weighted by atomic mass is 10.1. The molecule has 1 aromatic heterocycles. The molecule has 0 unspecified atom stereocenters. The summed E-state index contributed by atoms with van der Waals surface area (Å²) in [5.74, 6) is 0. The second kappa shape index (κ2) is 6.31. The molecule has 0 atom stereocenters. The van der Waals surface area contributed by atoms with Crippen LogP contribution in [0.5, 0.6) is 0 Å². The first kappa shape index (κ1) is 14.9. The fourth-order valence-electron chi connectivity index (χ4n) is 1.88. The standard InChI is InChI=1S/C13H15IN4O2/c1-17(2)6-5-15-13-10-7-9(14)3-4-11(10)16-8-12(13)18(19)20/h3-4,7-8H,5-6H2,1-2H3,(H,15,16). The Morgan fingerprint density at radius 3 is 2.85 bits per heavy atom. The molecule has 0 aliphatic rings. The van der Waals surface area contributed by atoms with Gasteiger partial charge in [-0.15, -0.1) is 0 Å². The van der Waals surface area contributed by atoms with Gasteiger partial charge in [0, 0.05) is 22.0 Å². The summed E-state index contributed by atoms with van der Waals surface area (Å²) in [4.78, 5) is 16.9. The zero-order chi connectivity index (χ0) is 14.7. The number of nitrogens with zero attached hydrogens (tertiary/aromatic N) is 3. The molecule has 0 aliphatic heterocycles. The maximum atomic E-state index is 11.2. The van der Waals surface area contributed by atoms with Crippen LogP contribution in [0.15, 0.2) is 24.4 Å². The van der Waals surface area contributed by atoms with Crippen LogP contribution in [0.4, 0.5) is 11.4 Å². The Labute approximate surface area is 130 Å². The summed E-state index contributed by atoms with van der Waals surface area (Å²) in [6, 6.07) is 5.72. The number of nitro groups is 1. The fourth-order valence-corrected chi connectivity index (χ4v) is 2.37. The number of hydrogen-bond donors (Lipinski definition) is 1. The quantitative estimate of drug-likeness (QED) is 0.486. The van der Waals surface area contributed by atoms with Crippen molar-refractivity contribution < 1.29 is 4.92 Å². The minimum Gasteiger partial charge on any atom is -0.378 e. The third kappa shape index (κ3) is 3.34. The summed E-state index contributed by atoms with van der Waals surface area (Å²) in [6.07, 6.45) is 1.31. The van der Waals surface area contributed by atoms with Gasteiger partial charge in [-0.3, -0.25) is 10.1 Å². The number of hydrogen-bond acceptors (Lipinski definition) is 5. The van der Waals surface area contributed by atoms with Gasteiger partial charge in [-0.2, -0.15) is 0 Å². The highest BCUT2D eigenvalue weighted by Gasteiger charge is 2.17. The van der Waals surface area contributed by atoms with E-state index < -0.39 is 4.92 Å². The predicted molar refractivity (Wildman–Crippen MR) is 88.2 cm³/mol. The van der Waals surface area contributed by atoms with E-state index in [1.54, 1.807) is 0 Å². The summed E-state index contributed by atoms with van der Waals surface area (Å²) in [7, 11) is 3.92. The second-order valence-corrected chi connectivity index (χ2v) is 5.91. The first-order chi connectivity index (χ1) is 9.49. The van der Waals surface area contributed by atoms with E-state index in [2.05, 4.69) is 32.9 Å². The maximum Gasteiger partial charge on any atom is 0.311 e. The van der Waals surface area contributed by atoms with Crippen LogP contribution in [-0.2, 0) is 0 Å². The van der Waals surface area contributed by atoms with Crippen molar-refractivity contribution in [3.8, 4) is 0 Å². The maximum absolute atomic E-state index is 11.2. The van der Waals surface area contributed by atoms with Crippen molar-refractivity contribution in [2.75, 3.05) is 32.5 Å². The van der Waals surface area contributed by atoms with Gasteiger partial charge in [0.2, 0.25) is 0 Å². The molecule has 1 heterocycles. The Morgan fingerprint density at radius 2 is 2.20 bits per heavy atom. The van der Waals surface area contributed by atoms with Crippen LogP contribution in [0.1, 0.15) is 0 Å². The zero-order valence-electron chi connectivity index (χ0n) is 11.3. The highest BCUT2D eigenvalue weighted by atomic mass is 127. The number of benzene rings is 1. The molecular formula is C13H15IN4O2. The molecule has 0 bridgehead atoms. The van der Waals surface area contributed by atoms with Crippen LogP contribution in [0.3, 0.4) is 0 Å². The van der Waals surface area contributed by atoms with Crippen molar-refractivity contribution >= 4 is 44.9 Å². The largest absolute Gasteiger partial charge is 0.378 e. The number of anilines is 1. The van der Waals surface area contributed by atoms with Gasteiger partial charge in [0.05, 0.1) is 10.4 Å². The summed E-state index contributed by atoms with van der Waals surface area (Å²) >= 11 is 2.19. The molecule has 2 aromatic rings. The van der Waals surface area contributed by atoms with Crippen molar-refractivity contribution in [1.29, 1.82) is 0 Å². The lowest BCUT2D eigenvalue weighted by Crippen LogP contribution is -2.21. The van der Waals surface area contributed by atoms with Gasteiger partial charge in [-0.1, -0.05) is 0 Å². The van der Waals surface area contributed by atoms with E-state index in [-0.39, 0.29) is 5.69 Å². The van der Waals surface area contributed by atoms with E-state index in [9.17, 15) is 10.1 Å². The number of nitrogens with one attached hydrogen (secondary N) is 1. The van der Waals surface area contributed by atoms with Gasteiger partial charge in [0.15, 0.2) is 0 Å². The zero-order valence-corrected chi connectivity index (χ0v) is 13.4. The molecule has 7 heteroatoms. The number of rotatable bonds is 5. The summed E-state index contributed by atoms with van der Waals surface area (Å²) in [5.41, 5.74) is 1.31. The molecule has 106 valence electrons. The van der Waals surface area contributed by atoms with Crippen molar-refractivity contribution in [1.82, 2.24) is 9.88 Å². The van der Waals surface area contributed by atoms with Crippen molar-refractivity contribution in [2.24, 2.45) is 0 Å². The SMILES string of the molecule is CN(C)CCNc1c([N+](=O)[O-])cnc2ccc(I)cc12. The molecule has 0 amide bonds. The van der Waals surface area contributed by atoms with Crippen LogP contribution in [-0.4, -0.2) is 42.0 Å². The van der Waals surface area contributed by atoms with Gasteiger partial charge in [0.25, 0.3) is 0 Å². The monoisotopic (exact) mass is 386 g/mol. The molecule has 0 spiro atoms. The van der Waals surface area contributed by atoms with E-state index in [0.29, 0.717) is 12.2 Å². The third-order valence-electron chi connectivity index (χ3n) is 2.87. The van der Waals surface area contributed by atoms with E-state index in [0.717, 1.165) is 21.0 Å². The summed E-state index contributed by atoms with van der Waals surface area (Å²) in [5, 5.41) is 15.1. The van der Waals surface area contributed by atoms with Crippen molar-refractivity contribution in [2.45, 2.75) is 0 Å². The van der Waals surface area contributed by atoms with E-state index in [4.69, 9.17) is 0 Å². The Morgan fingerprint density at radius 1 is 1.45 bits per heavy atom. The summed E-state index contributed by atoms with van der Waals surface area (Å²) in [6.45, 7) is 1.43. The fraction of sp³-hybridized carbons (Fsp3) is 0.308. The third-order valence-corrected chi connectivity index (χ3v) is 3.54. The van der Waals surface area contributed by atoms with E-state index in [1.807, 2.05) is 37.2 Å². The van der Waals surface area contributed by atoms with Gasteiger partial charge in [0.1, 0.15) is 11.9 Å². The van der Waals surface area contributed by atoms with Crippen LogP contribution in [0, 0.1) is 13.7 Å². The Bertz CT molecular complexity index is 646. The highest BCUT2D eigenvalue weighted by molar-refractivity contribution is 14.1. The molecule has 20 heavy (non-hydrogen) atoms. The average molecular weight is 386 g/mol. The first-order valence-corrected chi connectivity index (χ1v) is 7.18. The van der Waals surface area contributed by atoms with Crippen LogP contribution < -0.4 is 5.32 Å². The minimum atomic E-state index is -0.399. The number of aromatic nitrogens is 1. The molecule has 6 nitrogen and oxygen atoms in total. The molecule has 0 radical (unpaired) electrons. The lowest BCUT2D eigenvalue weighted by molar-refractivity contribution is -0.384. The van der Waals surface area contributed by atoms with Gasteiger partial charge >= 0.3 is 5.69 Å².